The molecule has 1 N–H and O–H groups in total. The molecule has 0 fully saturated rings. The third-order valence-electron chi connectivity index (χ3n) is 3.16. The van der Waals surface area contributed by atoms with Crippen LogP contribution < -0.4 is 5.32 Å². The molecule has 2 unspecified atom stereocenters. The summed E-state index contributed by atoms with van der Waals surface area (Å²) in [5, 5.41) is 4.61. The lowest BCUT2D eigenvalue weighted by atomic mass is 10.1. The van der Waals surface area contributed by atoms with Crippen molar-refractivity contribution in [3.63, 3.8) is 0 Å². The lowest BCUT2D eigenvalue weighted by molar-refractivity contribution is 0.433. The van der Waals surface area contributed by atoms with Gasteiger partial charge < -0.3 is 5.32 Å². The van der Waals surface area contributed by atoms with Crippen LogP contribution in [0.15, 0.2) is 24.3 Å². The van der Waals surface area contributed by atoms with E-state index in [1.807, 2.05) is 0 Å². The van der Waals surface area contributed by atoms with Crippen molar-refractivity contribution < 1.29 is 0 Å². The highest BCUT2D eigenvalue weighted by Gasteiger charge is 2.09. The predicted octanol–water partition coefficient (Wildman–Crippen LogP) is 3.76. The Balaban J connectivity index is 2.42. The van der Waals surface area contributed by atoms with Gasteiger partial charge in [0.25, 0.3) is 0 Å². The van der Waals surface area contributed by atoms with E-state index in [0.717, 1.165) is 18.3 Å². The molecule has 0 aliphatic heterocycles. The Morgan fingerprint density at radius 1 is 1.12 bits per heavy atom. The van der Waals surface area contributed by atoms with Crippen LogP contribution >= 0.6 is 15.9 Å². The molecule has 2 atom stereocenters. The lowest BCUT2D eigenvalue weighted by Crippen LogP contribution is -2.32. The van der Waals surface area contributed by atoms with Crippen molar-refractivity contribution in [2.24, 2.45) is 5.92 Å². The number of nitrogens with one attached hydrogen (secondary N) is 1. The quantitative estimate of drug-likeness (QED) is 0.784. The molecule has 1 nitrogen and oxygen atoms in total. The summed E-state index contributed by atoms with van der Waals surface area (Å²) in [5.41, 5.74) is 2.77. The minimum Gasteiger partial charge on any atom is -0.310 e. The van der Waals surface area contributed by atoms with Gasteiger partial charge in [0.2, 0.25) is 0 Å². The number of hydrogen-bond donors (Lipinski definition) is 1. The maximum absolute atomic E-state index is 3.56. The fraction of sp³-hybridized carbons (Fsp3) is 0.571. The van der Waals surface area contributed by atoms with Crippen molar-refractivity contribution in [3.8, 4) is 0 Å². The van der Waals surface area contributed by atoms with Gasteiger partial charge in [-0.2, -0.15) is 0 Å². The van der Waals surface area contributed by atoms with E-state index in [0.29, 0.717) is 12.0 Å². The van der Waals surface area contributed by atoms with Gasteiger partial charge >= 0.3 is 0 Å². The molecular weight excluding hydrogens is 262 g/mol. The molecule has 0 aliphatic carbocycles. The summed E-state index contributed by atoms with van der Waals surface area (Å²) in [5.74, 6) is 0.662. The van der Waals surface area contributed by atoms with Crippen LogP contribution in [0.5, 0.6) is 0 Å². The van der Waals surface area contributed by atoms with E-state index in [1.165, 1.54) is 11.1 Å². The first-order chi connectivity index (χ1) is 7.67. The highest BCUT2D eigenvalue weighted by atomic mass is 79.9. The third kappa shape index (κ3) is 4.26. The van der Waals surface area contributed by atoms with E-state index in [1.54, 1.807) is 0 Å². The number of halogens is 1. The molecule has 0 aliphatic rings. The molecule has 0 spiro atoms. The van der Waals surface area contributed by atoms with Crippen molar-refractivity contribution in [1.29, 1.82) is 0 Å². The van der Waals surface area contributed by atoms with Crippen molar-refractivity contribution >= 4 is 15.9 Å². The van der Waals surface area contributed by atoms with Crippen LogP contribution in [0.4, 0.5) is 0 Å². The van der Waals surface area contributed by atoms with Gasteiger partial charge in [-0.05, 0) is 30.4 Å². The number of benzene rings is 1. The topological polar surface area (TPSA) is 12.0 Å². The second-order valence-electron chi connectivity index (χ2n) is 4.47. The Morgan fingerprint density at radius 3 is 2.19 bits per heavy atom. The number of hydrogen-bond acceptors (Lipinski definition) is 1. The second-order valence-corrected chi connectivity index (χ2v) is 5.12. The Morgan fingerprint density at radius 2 is 1.69 bits per heavy atom. The Kier molecular flexibility index (Phi) is 6.07. The zero-order chi connectivity index (χ0) is 12.0. The van der Waals surface area contributed by atoms with Gasteiger partial charge in [-0.3, -0.25) is 0 Å². The molecule has 16 heavy (non-hydrogen) atoms. The Hall–Kier alpha value is -0.340. The first kappa shape index (κ1) is 13.7. The van der Waals surface area contributed by atoms with E-state index in [-0.39, 0.29) is 0 Å². The molecule has 1 rings (SSSR count). The predicted molar refractivity (Wildman–Crippen MR) is 75.1 cm³/mol. The zero-order valence-electron chi connectivity index (χ0n) is 10.5. The highest BCUT2D eigenvalue weighted by Crippen LogP contribution is 2.08. The summed E-state index contributed by atoms with van der Waals surface area (Å²) in [4.78, 5) is 0. The Labute approximate surface area is 108 Å². The van der Waals surface area contributed by atoms with Crippen molar-refractivity contribution in [3.05, 3.63) is 35.4 Å². The summed E-state index contributed by atoms with van der Waals surface area (Å²) < 4.78 is 0. The third-order valence-corrected chi connectivity index (χ3v) is 4.18. The van der Waals surface area contributed by atoms with Gasteiger partial charge in [0.15, 0.2) is 0 Å². The zero-order valence-corrected chi connectivity index (χ0v) is 12.0. The first-order valence-corrected chi connectivity index (χ1v) is 7.16. The summed E-state index contributed by atoms with van der Waals surface area (Å²) in [6, 6.07) is 9.42. The molecule has 0 radical (unpaired) electrons. The Bertz CT molecular complexity index is 294. The minimum atomic E-state index is 0.547. The summed E-state index contributed by atoms with van der Waals surface area (Å²) in [7, 11) is 0. The van der Waals surface area contributed by atoms with Crippen LogP contribution in [0.3, 0.4) is 0 Å². The van der Waals surface area contributed by atoms with Gasteiger partial charge in [0.1, 0.15) is 0 Å². The minimum absolute atomic E-state index is 0.547. The van der Waals surface area contributed by atoms with Crippen LogP contribution in [-0.4, -0.2) is 11.4 Å². The smallest absolute Gasteiger partial charge is 0.0208 e. The lowest BCUT2D eigenvalue weighted by Gasteiger charge is -2.19. The van der Waals surface area contributed by atoms with E-state index in [2.05, 4.69) is 66.3 Å². The van der Waals surface area contributed by atoms with Gasteiger partial charge in [0, 0.05) is 17.9 Å². The largest absolute Gasteiger partial charge is 0.310 e. The highest BCUT2D eigenvalue weighted by molar-refractivity contribution is 9.09. The number of rotatable bonds is 6. The van der Waals surface area contributed by atoms with Crippen LogP contribution in [0.2, 0.25) is 0 Å². The second kappa shape index (κ2) is 7.08. The van der Waals surface area contributed by atoms with Crippen molar-refractivity contribution in [2.75, 3.05) is 5.33 Å². The van der Waals surface area contributed by atoms with E-state index in [9.17, 15) is 0 Å². The average Bonchev–Trinajstić information content (AvgIpc) is 2.35. The molecule has 0 heterocycles. The molecule has 0 saturated heterocycles. The molecule has 0 aromatic heterocycles. The summed E-state index contributed by atoms with van der Waals surface area (Å²) in [6.45, 7) is 7.65. The fourth-order valence-electron chi connectivity index (χ4n) is 1.51. The first-order valence-electron chi connectivity index (χ1n) is 6.04. The SMILES string of the molecule is CCc1ccc(CNC(C)C(C)CBr)cc1. The molecule has 0 amide bonds. The normalized spacial score (nSPS) is 14.8. The van der Waals surface area contributed by atoms with Crippen molar-refractivity contribution in [2.45, 2.75) is 39.8 Å². The van der Waals surface area contributed by atoms with Crippen LogP contribution in [0, 0.1) is 5.92 Å². The van der Waals surface area contributed by atoms with Gasteiger partial charge in [-0.1, -0.05) is 54.0 Å². The fourth-order valence-corrected chi connectivity index (χ4v) is 2.07. The molecule has 90 valence electrons. The van der Waals surface area contributed by atoms with Gasteiger partial charge in [-0.25, -0.2) is 0 Å². The number of aryl methyl sites for hydroxylation is 1. The maximum Gasteiger partial charge on any atom is 0.0208 e. The van der Waals surface area contributed by atoms with Crippen LogP contribution in [0.25, 0.3) is 0 Å². The molecule has 1 aromatic rings. The van der Waals surface area contributed by atoms with Crippen molar-refractivity contribution in [1.82, 2.24) is 5.32 Å². The molecule has 1 aromatic carbocycles. The summed E-state index contributed by atoms with van der Waals surface area (Å²) >= 11 is 3.52. The van der Waals surface area contributed by atoms with E-state index in [4.69, 9.17) is 0 Å². The molecule has 0 saturated carbocycles. The average molecular weight is 284 g/mol. The van der Waals surface area contributed by atoms with E-state index < -0.39 is 0 Å². The molecular formula is C14H22BrN. The van der Waals surface area contributed by atoms with Crippen LogP contribution in [0.1, 0.15) is 31.9 Å². The van der Waals surface area contributed by atoms with Crippen LogP contribution in [-0.2, 0) is 13.0 Å². The van der Waals surface area contributed by atoms with Gasteiger partial charge in [0.05, 0.1) is 0 Å². The number of alkyl halides is 1. The monoisotopic (exact) mass is 283 g/mol. The molecule has 2 heteroatoms. The van der Waals surface area contributed by atoms with Gasteiger partial charge in [-0.15, -0.1) is 0 Å². The van der Waals surface area contributed by atoms with E-state index >= 15 is 0 Å². The molecule has 0 bridgehead atoms. The summed E-state index contributed by atoms with van der Waals surface area (Å²) in [6.07, 6.45) is 1.12. The standard InChI is InChI=1S/C14H22BrN/c1-4-13-5-7-14(8-6-13)10-16-12(3)11(2)9-15/h5-8,11-12,16H,4,9-10H2,1-3H3. The maximum atomic E-state index is 3.56.